The van der Waals surface area contributed by atoms with E-state index in [-0.39, 0.29) is 18.9 Å². The quantitative estimate of drug-likeness (QED) is 0.477. The molecular weight excluding hydrogens is 404 g/mol. The molecule has 0 aromatic heterocycles. The van der Waals surface area contributed by atoms with Gasteiger partial charge < -0.3 is 20.2 Å². The van der Waals surface area contributed by atoms with Gasteiger partial charge in [-0.05, 0) is 23.1 Å². The summed E-state index contributed by atoms with van der Waals surface area (Å²) in [7, 11) is 0. The number of carbonyl (C=O) groups is 3. The summed E-state index contributed by atoms with van der Waals surface area (Å²) in [5.41, 5.74) is 2.59. The zero-order valence-electron chi connectivity index (χ0n) is 17.6. The number of amides is 2. The van der Waals surface area contributed by atoms with Gasteiger partial charge in [-0.25, -0.2) is 4.79 Å². The van der Waals surface area contributed by atoms with Crippen molar-refractivity contribution < 1.29 is 19.1 Å². The number of benzene rings is 3. The maximum atomic E-state index is 12.7. The summed E-state index contributed by atoms with van der Waals surface area (Å²) in [4.78, 5) is 36.6. The predicted molar refractivity (Wildman–Crippen MR) is 122 cm³/mol. The summed E-state index contributed by atoms with van der Waals surface area (Å²) < 4.78 is 5.30. The molecule has 2 N–H and O–H groups in total. The van der Waals surface area contributed by atoms with Crippen molar-refractivity contribution in [1.82, 2.24) is 10.6 Å². The van der Waals surface area contributed by atoms with Crippen molar-refractivity contribution in [3.63, 3.8) is 0 Å². The van der Waals surface area contributed by atoms with Crippen LogP contribution in [0.25, 0.3) is 0 Å². The van der Waals surface area contributed by atoms with Crippen LogP contribution in [-0.2, 0) is 27.4 Å². The van der Waals surface area contributed by atoms with Gasteiger partial charge in [0, 0.05) is 0 Å². The standard InChI is InChI=1S/C26H26N2O4/c29-18-23(16-20-10-4-1-5-11-20)27-25(30)17-24(22-14-8-3-9-15-22)28-26(31)32-19-21-12-6-2-7-13-21/h1-15,18,23-24H,16-17,19H2,(H,27,30)(H,28,31)/t23-,24-/m0/s1. The molecule has 0 aliphatic carbocycles. The van der Waals surface area contributed by atoms with E-state index in [1.807, 2.05) is 91.0 Å². The fraction of sp³-hybridized carbons (Fsp3) is 0.192. The number of ether oxygens (including phenoxy) is 1. The molecule has 0 radical (unpaired) electrons. The molecule has 6 heteroatoms. The minimum absolute atomic E-state index is 0.0242. The Morgan fingerprint density at radius 3 is 1.94 bits per heavy atom. The summed E-state index contributed by atoms with van der Waals surface area (Å²) in [5.74, 6) is -0.338. The molecule has 0 unspecified atom stereocenters. The molecule has 0 saturated heterocycles. The lowest BCUT2D eigenvalue weighted by Gasteiger charge is -2.20. The molecule has 0 aliphatic rings. The Hall–Kier alpha value is -3.93. The van der Waals surface area contributed by atoms with Crippen LogP contribution in [-0.4, -0.2) is 24.3 Å². The summed E-state index contributed by atoms with van der Waals surface area (Å²) >= 11 is 0. The van der Waals surface area contributed by atoms with Gasteiger partial charge in [0.05, 0.1) is 18.5 Å². The fourth-order valence-corrected chi connectivity index (χ4v) is 3.30. The van der Waals surface area contributed by atoms with Crippen molar-refractivity contribution in [2.75, 3.05) is 0 Å². The van der Waals surface area contributed by atoms with Gasteiger partial charge in [0.25, 0.3) is 0 Å². The summed E-state index contributed by atoms with van der Waals surface area (Å²) in [6, 6.07) is 26.8. The van der Waals surface area contributed by atoms with E-state index >= 15 is 0 Å². The highest BCUT2D eigenvalue weighted by molar-refractivity contribution is 5.81. The summed E-state index contributed by atoms with van der Waals surface area (Å²) in [5, 5.41) is 5.51. The first-order valence-electron chi connectivity index (χ1n) is 10.4. The molecule has 0 fully saturated rings. The predicted octanol–water partition coefficient (Wildman–Crippen LogP) is 3.97. The highest BCUT2D eigenvalue weighted by Gasteiger charge is 2.21. The van der Waals surface area contributed by atoms with Gasteiger partial charge in [0.15, 0.2) is 0 Å². The number of hydrogen-bond acceptors (Lipinski definition) is 4. The Morgan fingerprint density at radius 2 is 1.34 bits per heavy atom. The molecule has 32 heavy (non-hydrogen) atoms. The van der Waals surface area contributed by atoms with Gasteiger partial charge in [-0.1, -0.05) is 91.0 Å². The third-order valence-corrected chi connectivity index (χ3v) is 4.91. The van der Waals surface area contributed by atoms with Gasteiger partial charge >= 0.3 is 6.09 Å². The maximum Gasteiger partial charge on any atom is 0.407 e. The summed E-state index contributed by atoms with van der Waals surface area (Å²) in [6.07, 6.45) is 0.485. The highest BCUT2D eigenvalue weighted by Crippen LogP contribution is 2.17. The van der Waals surface area contributed by atoms with Crippen molar-refractivity contribution in [2.24, 2.45) is 0 Å². The molecule has 0 spiro atoms. The summed E-state index contributed by atoms with van der Waals surface area (Å²) in [6.45, 7) is 0.130. The molecule has 2 atom stereocenters. The molecule has 0 heterocycles. The van der Waals surface area contributed by atoms with Crippen LogP contribution in [0.3, 0.4) is 0 Å². The van der Waals surface area contributed by atoms with Gasteiger partial charge in [0.2, 0.25) is 5.91 Å². The second-order valence-corrected chi connectivity index (χ2v) is 7.37. The van der Waals surface area contributed by atoms with Gasteiger partial charge in [-0.3, -0.25) is 4.79 Å². The Kier molecular flexibility index (Phi) is 8.57. The van der Waals surface area contributed by atoms with Crippen molar-refractivity contribution in [1.29, 1.82) is 0 Å². The van der Waals surface area contributed by atoms with Crippen molar-refractivity contribution in [3.05, 3.63) is 108 Å². The number of carbonyl (C=O) groups excluding carboxylic acids is 3. The van der Waals surface area contributed by atoms with Gasteiger partial charge in [-0.2, -0.15) is 0 Å². The molecular formula is C26H26N2O4. The lowest BCUT2D eigenvalue weighted by molar-refractivity contribution is -0.124. The monoisotopic (exact) mass is 430 g/mol. The molecule has 164 valence electrons. The molecule has 3 rings (SSSR count). The third kappa shape index (κ3) is 7.40. The topological polar surface area (TPSA) is 84.5 Å². The molecule has 3 aromatic carbocycles. The average molecular weight is 431 g/mol. The van der Waals surface area contributed by atoms with E-state index in [9.17, 15) is 14.4 Å². The first-order chi connectivity index (χ1) is 15.6. The SMILES string of the molecule is O=C[C@H](Cc1ccccc1)NC(=O)C[C@H](NC(=O)OCc1ccccc1)c1ccccc1. The van der Waals surface area contributed by atoms with Crippen LogP contribution < -0.4 is 10.6 Å². The normalized spacial score (nSPS) is 12.2. The largest absolute Gasteiger partial charge is 0.445 e. The van der Waals surface area contributed by atoms with Crippen LogP contribution in [0, 0.1) is 0 Å². The van der Waals surface area contributed by atoms with Crippen LogP contribution in [0.1, 0.15) is 29.2 Å². The zero-order valence-corrected chi connectivity index (χ0v) is 17.6. The number of hydrogen-bond donors (Lipinski definition) is 2. The second kappa shape index (κ2) is 12.1. The average Bonchev–Trinajstić information content (AvgIpc) is 2.84. The molecule has 3 aromatic rings. The molecule has 0 aliphatic heterocycles. The number of rotatable bonds is 10. The first kappa shape index (κ1) is 22.7. The Balaban J connectivity index is 1.60. The maximum absolute atomic E-state index is 12.7. The van der Waals surface area contributed by atoms with Crippen LogP contribution in [0.15, 0.2) is 91.0 Å². The van der Waals surface area contributed by atoms with E-state index in [1.54, 1.807) is 0 Å². The lowest BCUT2D eigenvalue weighted by Crippen LogP contribution is -2.40. The fourth-order valence-electron chi connectivity index (χ4n) is 3.30. The van der Waals surface area contributed by atoms with Crippen LogP contribution in [0.2, 0.25) is 0 Å². The van der Waals surface area contributed by atoms with Crippen molar-refractivity contribution in [3.8, 4) is 0 Å². The molecule has 0 saturated carbocycles. The Morgan fingerprint density at radius 1 is 0.781 bits per heavy atom. The van der Waals surface area contributed by atoms with Crippen LogP contribution >= 0.6 is 0 Å². The highest BCUT2D eigenvalue weighted by atomic mass is 16.5. The van der Waals surface area contributed by atoms with E-state index in [2.05, 4.69) is 10.6 Å². The molecule has 2 amide bonds. The Bertz CT molecular complexity index is 994. The number of aldehydes is 1. The first-order valence-corrected chi connectivity index (χ1v) is 10.4. The Labute approximate surface area is 187 Å². The molecule has 0 bridgehead atoms. The van der Waals surface area contributed by atoms with Crippen molar-refractivity contribution in [2.45, 2.75) is 31.5 Å². The van der Waals surface area contributed by atoms with Gasteiger partial charge in [-0.15, -0.1) is 0 Å². The van der Waals surface area contributed by atoms with Crippen LogP contribution in [0.4, 0.5) is 4.79 Å². The zero-order chi connectivity index (χ0) is 22.6. The minimum Gasteiger partial charge on any atom is -0.445 e. The third-order valence-electron chi connectivity index (χ3n) is 4.91. The molecule has 6 nitrogen and oxygen atoms in total. The van der Waals surface area contributed by atoms with E-state index in [1.165, 1.54) is 0 Å². The van der Waals surface area contributed by atoms with Crippen LogP contribution in [0.5, 0.6) is 0 Å². The van der Waals surface area contributed by atoms with Gasteiger partial charge in [0.1, 0.15) is 12.9 Å². The number of alkyl carbamates (subject to hydrolysis) is 1. The van der Waals surface area contributed by atoms with E-state index < -0.39 is 18.2 Å². The van der Waals surface area contributed by atoms with E-state index in [4.69, 9.17) is 4.74 Å². The lowest BCUT2D eigenvalue weighted by atomic mass is 10.0. The second-order valence-electron chi connectivity index (χ2n) is 7.37. The van der Waals surface area contributed by atoms with Crippen molar-refractivity contribution >= 4 is 18.3 Å². The number of nitrogens with one attached hydrogen (secondary N) is 2. The minimum atomic E-state index is -0.647. The smallest absolute Gasteiger partial charge is 0.407 e. The van der Waals surface area contributed by atoms with E-state index in [0.717, 1.165) is 23.0 Å². The van der Waals surface area contributed by atoms with E-state index in [0.29, 0.717) is 6.42 Å².